The zero-order valence-electron chi connectivity index (χ0n) is 8.44. The van der Waals surface area contributed by atoms with Gasteiger partial charge in [0, 0.05) is 0 Å². The van der Waals surface area contributed by atoms with E-state index in [4.69, 9.17) is 0 Å². The molecule has 1 aliphatic rings. The van der Waals surface area contributed by atoms with Gasteiger partial charge in [0.15, 0.2) is 0 Å². The van der Waals surface area contributed by atoms with Gasteiger partial charge in [-0.2, -0.15) is 11.8 Å². The van der Waals surface area contributed by atoms with Crippen molar-refractivity contribution in [3.8, 4) is 5.75 Å². The molecule has 0 saturated carbocycles. The number of rotatable bonds is 2. The summed E-state index contributed by atoms with van der Waals surface area (Å²) in [6.07, 6.45) is 1.29. The second kappa shape index (κ2) is 4.26. The minimum absolute atomic E-state index is 0.455. The maximum absolute atomic E-state index is 9.73. The number of benzene rings is 1. The molecule has 0 aromatic heterocycles. The number of thioether (sulfide) groups is 1. The maximum Gasteiger partial charge on any atom is 0.119 e. The molecule has 1 saturated heterocycles. The van der Waals surface area contributed by atoms with Crippen LogP contribution in [0.1, 0.15) is 24.8 Å². The van der Waals surface area contributed by atoms with Crippen molar-refractivity contribution >= 4 is 11.8 Å². The average molecular weight is 208 g/mol. The van der Waals surface area contributed by atoms with E-state index in [2.05, 4.69) is 6.92 Å². The second-order valence-corrected chi connectivity index (χ2v) is 5.12. The van der Waals surface area contributed by atoms with Gasteiger partial charge in [-0.3, -0.25) is 0 Å². The third kappa shape index (κ3) is 1.90. The van der Waals surface area contributed by atoms with Crippen LogP contribution in [0.5, 0.6) is 5.75 Å². The van der Waals surface area contributed by atoms with Crippen LogP contribution < -0.4 is 0 Å². The molecule has 0 aliphatic carbocycles. The molecule has 2 heteroatoms. The molecule has 1 fully saturated rings. The highest BCUT2D eigenvalue weighted by molar-refractivity contribution is 7.99. The Morgan fingerprint density at radius 1 is 1.43 bits per heavy atom. The van der Waals surface area contributed by atoms with Crippen molar-refractivity contribution in [3.63, 3.8) is 0 Å². The molecule has 0 amide bonds. The molecule has 0 radical (unpaired) electrons. The van der Waals surface area contributed by atoms with Crippen molar-refractivity contribution in [1.82, 2.24) is 0 Å². The van der Waals surface area contributed by atoms with E-state index in [0.717, 1.165) is 11.5 Å². The minimum Gasteiger partial charge on any atom is -0.508 e. The van der Waals surface area contributed by atoms with Crippen LogP contribution in [0.3, 0.4) is 0 Å². The largest absolute Gasteiger partial charge is 0.508 e. The summed E-state index contributed by atoms with van der Waals surface area (Å²) in [5.41, 5.74) is 1.11. The first-order valence-corrected chi connectivity index (χ1v) is 6.30. The fraction of sp³-hybridized carbons (Fsp3) is 0.500. The molecule has 2 rings (SSSR count). The van der Waals surface area contributed by atoms with Gasteiger partial charge in [-0.15, -0.1) is 0 Å². The van der Waals surface area contributed by atoms with Crippen molar-refractivity contribution in [2.24, 2.45) is 5.92 Å². The molecule has 1 aliphatic heterocycles. The van der Waals surface area contributed by atoms with E-state index < -0.39 is 0 Å². The third-order valence-corrected chi connectivity index (χ3v) is 4.29. The van der Waals surface area contributed by atoms with E-state index in [9.17, 15) is 5.11 Å². The minimum atomic E-state index is 0.455. The summed E-state index contributed by atoms with van der Waals surface area (Å²) in [7, 11) is 0. The number of para-hydroxylation sites is 1. The molecule has 76 valence electrons. The molecule has 2 unspecified atom stereocenters. The Labute approximate surface area is 89.5 Å². The van der Waals surface area contributed by atoms with Crippen molar-refractivity contribution in [2.75, 3.05) is 11.5 Å². The zero-order valence-corrected chi connectivity index (χ0v) is 9.26. The molecule has 1 aromatic carbocycles. The predicted octanol–water partition coefficient (Wildman–Crippen LogP) is 3.25. The van der Waals surface area contributed by atoms with E-state index in [1.807, 2.05) is 30.0 Å². The summed E-state index contributed by atoms with van der Waals surface area (Å²) in [6, 6.07) is 7.72. The van der Waals surface area contributed by atoms with Crippen LogP contribution in [0.4, 0.5) is 0 Å². The van der Waals surface area contributed by atoms with Crippen LogP contribution in [0.15, 0.2) is 24.3 Å². The summed E-state index contributed by atoms with van der Waals surface area (Å²) >= 11 is 2.03. The molecule has 2 atom stereocenters. The lowest BCUT2D eigenvalue weighted by molar-refractivity contribution is 0.438. The van der Waals surface area contributed by atoms with Gasteiger partial charge in [0.2, 0.25) is 0 Å². The Bertz CT molecular complexity index is 305. The fourth-order valence-corrected chi connectivity index (χ4v) is 3.47. The molecule has 0 bridgehead atoms. The first-order valence-electron chi connectivity index (χ1n) is 5.14. The molecular formula is C12H16OS. The second-order valence-electron chi connectivity index (χ2n) is 3.97. The van der Waals surface area contributed by atoms with E-state index in [-0.39, 0.29) is 0 Å². The fourth-order valence-electron chi connectivity index (χ4n) is 2.07. The highest BCUT2D eigenvalue weighted by Gasteiger charge is 2.24. The SMILES string of the molecule is CC(c1ccccc1O)C1CCSC1. The van der Waals surface area contributed by atoms with Crippen LogP contribution in [-0.2, 0) is 0 Å². The lowest BCUT2D eigenvalue weighted by Crippen LogP contribution is -2.08. The van der Waals surface area contributed by atoms with Gasteiger partial charge in [0.05, 0.1) is 0 Å². The molecule has 0 spiro atoms. The Morgan fingerprint density at radius 3 is 2.86 bits per heavy atom. The number of phenols is 1. The van der Waals surface area contributed by atoms with Crippen LogP contribution in [0.2, 0.25) is 0 Å². The summed E-state index contributed by atoms with van der Waals surface area (Å²) in [4.78, 5) is 0. The van der Waals surface area contributed by atoms with Crippen molar-refractivity contribution in [3.05, 3.63) is 29.8 Å². The average Bonchev–Trinajstić information content (AvgIpc) is 2.70. The van der Waals surface area contributed by atoms with Gasteiger partial charge in [-0.1, -0.05) is 25.1 Å². The Kier molecular flexibility index (Phi) is 3.02. The van der Waals surface area contributed by atoms with E-state index in [0.29, 0.717) is 11.7 Å². The highest BCUT2D eigenvalue weighted by Crippen LogP contribution is 2.38. The van der Waals surface area contributed by atoms with Crippen molar-refractivity contribution < 1.29 is 5.11 Å². The predicted molar refractivity (Wildman–Crippen MR) is 62.0 cm³/mol. The van der Waals surface area contributed by atoms with Crippen molar-refractivity contribution in [2.45, 2.75) is 19.3 Å². The van der Waals surface area contributed by atoms with Crippen LogP contribution in [0.25, 0.3) is 0 Å². The zero-order chi connectivity index (χ0) is 9.97. The molecule has 14 heavy (non-hydrogen) atoms. The number of hydrogen-bond donors (Lipinski definition) is 1. The highest BCUT2D eigenvalue weighted by atomic mass is 32.2. The van der Waals surface area contributed by atoms with E-state index in [1.54, 1.807) is 6.07 Å². The van der Waals surface area contributed by atoms with Gasteiger partial charge in [0.25, 0.3) is 0 Å². The molecular weight excluding hydrogens is 192 g/mol. The van der Waals surface area contributed by atoms with Crippen LogP contribution in [0, 0.1) is 5.92 Å². The summed E-state index contributed by atoms with van der Waals surface area (Å²) in [6.45, 7) is 2.23. The first-order chi connectivity index (χ1) is 6.79. The first kappa shape index (κ1) is 9.91. The summed E-state index contributed by atoms with van der Waals surface area (Å²) in [5, 5.41) is 9.73. The standard InChI is InChI=1S/C12H16OS/c1-9(10-6-7-14-8-10)11-4-2-3-5-12(11)13/h2-5,9-10,13H,6-8H2,1H3. The smallest absolute Gasteiger partial charge is 0.119 e. The summed E-state index contributed by atoms with van der Waals surface area (Å²) < 4.78 is 0. The normalized spacial score (nSPS) is 23.6. The van der Waals surface area contributed by atoms with Crippen LogP contribution in [-0.4, -0.2) is 16.6 Å². The Balaban J connectivity index is 2.17. The molecule has 1 heterocycles. The van der Waals surface area contributed by atoms with Crippen molar-refractivity contribution in [1.29, 1.82) is 0 Å². The lowest BCUT2D eigenvalue weighted by atomic mass is 9.87. The summed E-state index contributed by atoms with van der Waals surface area (Å²) in [5.74, 6) is 4.22. The Hall–Kier alpha value is -0.630. The van der Waals surface area contributed by atoms with Crippen LogP contribution >= 0.6 is 11.8 Å². The third-order valence-electron chi connectivity index (χ3n) is 3.10. The van der Waals surface area contributed by atoms with E-state index in [1.165, 1.54) is 17.9 Å². The molecule has 1 N–H and O–H groups in total. The van der Waals surface area contributed by atoms with Gasteiger partial charge >= 0.3 is 0 Å². The van der Waals surface area contributed by atoms with Gasteiger partial charge in [-0.25, -0.2) is 0 Å². The number of aromatic hydroxyl groups is 1. The van der Waals surface area contributed by atoms with E-state index >= 15 is 0 Å². The number of phenolic OH excluding ortho intramolecular Hbond substituents is 1. The molecule has 1 nitrogen and oxygen atoms in total. The van der Waals surface area contributed by atoms with Gasteiger partial charge in [0.1, 0.15) is 5.75 Å². The topological polar surface area (TPSA) is 20.2 Å². The number of hydrogen-bond acceptors (Lipinski definition) is 2. The Morgan fingerprint density at radius 2 is 2.21 bits per heavy atom. The van der Waals surface area contributed by atoms with Gasteiger partial charge < -0.3 is 5.11 Å². The van der Waals surface area contributed by atoms with Gasteiger partial charge in [-0.05, 0) is 41.4 Å². The monoisotopic (exact) mass is 208 g/mol. The molecule has 1 aromatic rings. The quantitative estimate of drug-likeness (QED) is 0.805. The maximum atomic E-state index is 9.73. The lowest BCUT2D eigenvalue weighted by Gasteiger charge is -2.19.